The molecule has 21 heavy (non-hydrogen) atoms. The third-order valence-electron chi connectivity index (χ3n) is 3.12. The Balaban J connectivity index is 2.44. The first-order valence-corrected chi connectivity index (χ1v) is 7.51. The van der Waals surface area contributed by atoms with E-state index in [1.807, 2.05) is 0 Å². The predicted octanol–water partition coefficient (Wildman–Crippen LogP) is 1.16. The van der Waals surface area contributed by atoms with Gasteiger partial charge in [0.05, 0.1) is 19.1 Å². The van der Waals surface area contributed by atoms with E-state index in [0.29, 0.717) is 5.56 Å². The highest BCUT2D eigenvalue weighted by atomic mass is 32.2. The average molecular weight is 310 g/mol. The molecule has 0 saturated carbocycles. The molecule has 0 saturated heterocycles. The van der Waals surface area contributed by atoms with Crippen LogP contribution in [0.4, 0.5) is 0 Å². The van der Waals surface area contributed by atoms with Crippen LogP contribution in [0.3, 0.4) is 0 Å². The van der Waals surface area contributed by atoms with Gasteiger partial charge in [-0.2, -0.15) is 8.42 Å². The molecule has 0 radical (unpaired) electrons. The fourth-order valence-electron chi connectivity index (χ4n) is 2.09. The topological polar surface area (TPSA) is 101 Å². The normalized spacial score (nSPS) is 22.2. The van der Waals surface area contributed by atoms with Crippen molar-refractivity contribution in [2.45, 2.75) is 6.10 Å². The van der Waals surface area contributed by atoms with E-state index in [4.69, 9.17) is 4.74 Å². The average Bonchev–Trinajstić information content (AvgIpc) is 2.45. The number of carbonyl (C=O) groups is 1. The highest BCUT2D eigenvalue weighted by molar-refractivity contribution is 7.90. The standard InChI is InChI=1S/C14H14O6S/c1-20-12-8-11(15)10(7-13(12)21(17,18)19)14(16)9-5-3-2-4-6-9/h2-8,10-11,15H,1H3,(H,17,18,19). The lowest BCUT2D eigenvalue weighted by atomic mass is 9.89. The molecule has 2 atom stereocenters. The van der Waals surface area contributed by atoms with Gasteiger partial charge in [-0.15, -0.1) is 0 Å². The summed E-state index contributed by atoms with van der Waals surface area (Å²) in [5, 5.41) is 9.99. The van der Waals surface area contributed by atoms with Crippen LogP contribution in [0.25, 0.3) is 0 Å². The number of carbonyl (C=O) groups excluding carboxylic acids is 1. The first-order valence-electron chi connectivity index (χ1n) is 6.07. The Hall–Kier alpha value is -1.96. The highest BCUT2D eigenvalue weighted by Crippen LogP contribution is 2.29. The number of hydrogen-bond acceptors (Lipinski definition) is 5. The molecule has 7 heteroatoms. The first-order chi connectivity index (χ1) is 9.84. The minimum absolute atomic E-state index is 0.192. The molecule has 0 aliphatic heterocycles. The van der Waals surface area contributed by atoms with Crippen molar-refractivity contribution in [3.05, 3.63) is 58.7 Å². The molecule has 1 aromatic carbocycles. The largest absolute Gasteiger partial charge is 0.496 e. The van der Waals surface area contributed by atoms with E-state index in [1.165, 1.54) is 7.11 Å². The molecule has 0 heterocycles. The maximum Gasteiger partial charge on any atom is 0.297 e. The Morgan fingerprint density at radius 3 is 2.33 bits per heavy atom. The smallest absolute Gasteiger partial charge is 0.297 e. The summed E-state index contributed by atoms with van der Waals surface area (Å²) in [6.45, 7) is 0. The van der Waals surface area contributed by atoms with Crippen LogP contribution < -0.4 is 0 Å². The molecule has 2 N–H and O–H groups in total. The number of Topliss-reactive ketones (excluding diaryl/α,β-unsaturated/α-hetero) is 1. The summed E-state index contributed by atoms with van der Waals surface area (Å²) in [6, 6.07) is 8.17. The van der Waals surface area contributed by atoms with E-state index in [1.54, 1.807) is 30.3 Å². The van der Waals surface area contributed by atoms with Gasteiger partial charge in [-0.05, 0) is 12.2 Å². The van der Waals surface area contributed by atoms with E-state index in [2.05, 4.69) is 0 Å². The molecule has 1 aliphatic rings. The van der Waals surface area contributed by atoms with Crippen LogP contribution in [0.5, 0.6) is 0 Å². The van der Waals surface area contributed by atoms with E-state index < -0.39 is 32.8 Å². The van der Waals surface area contributed by atoms with Gasteiger partial charge in [-0.1, -0.05) is 30.3 Å². The van der Waals surface area contributed by atoms with Crippen molar-refractivity contribution < 1.29 is 27.6 Å². The van der Waals surface area contributed by atoms with Gasteiger partial charge in [0, 0.05) is 5.56 Å². The Bertz CT molecular complexity index is 702. The number of ketones is 1. The molecule has 2 unspecified atom stereocenters. The summed E-state index contributed by atoms with van der Waals surface area (Å²) in [6.07, 6.45) is 0.862. The summed E-state index contributed by atoms with van der Waals surface area (Å²) in [5.74, 6) is -1.75. The fourth-order valence-corrected chi connectivity index (χ4v) is 2.82. The molecular weight excluding hydrogens is 296 g/mol. The van der Waals surface area contributed by atoms with Crippen molar-refractivity contribution >= 4 is 15.9 Å². The van der Waals surface area contributed by atoms with Crippen LogP contribution in [-0.4, -0.2) is 37.1 Å². The lowest BCUT2D eigenvalue weighted by Crippen LogP contribution is -2.30. The van der Waals surface area contributed by atoms with Gasteiger partial charge >= 0.3 is 0 Å². The monoisotopic (exact) mass is 310 g/mol. The van der Waals surface area contributed by atoms with Crippen LogP contribution in [0, 0.1) is 5.92 Å². The number of rotatable bonds is 4. The number of aliphatic hydroxyl groups excluding tert-OH is 1. The Morgan fingerprint density at radius 1 is 1.19 bits per heavy atom. The van der Waals surface area contributed by atoms with E-state index in [0.717, 1.165) is 12.2 Å². The van der Waals surface area contributed by atoms with E-state index in [9.17, 15) is 22.9 Å². The van der Waals surface area contributed by atoms with Gasteiger partial charge in [0.1, 0.15) is 10.7 Å². The highest BCUT2D eigenvalue weighted by Gasteiger charge is 2.34. The summed E-state index contributed by atoms with van der Waals surface area (Å²) in [4.78, 5) is 11.8. The van der Waals surface area contributed by atoms with Crippen molar-refractivity contribution in [1.29, 1.82) is 0 Å². The molecule has 2 rings (SSSR count). The fraction of sp³-hybridized carbons (Fsp3) is 0.214. The van der Waals surface area contributed by atoms with Crippen LogP contribution in [0.15, 0.2) is 53.1 Å². The second kappa shape index (κ2) is 5.80. The second-order valence-electron chi connectivity index (χ2n) is 4.49. The Morgan fingerprint density at radius 2 is 1.81 bits per heavy atom. The zero-order chi connectivity index (χ0) is 15.6. The minimum atomic E-state index is -4.55. The van der Waals surface area contributed by atoms with Crippen molar-refractivity contribution in [3.8, 4) is 0 Å². The molecule has 0 spiro atoms. The number of hydrogen-bond donors (Lipinski definition) is 2. The molecule has 1 aliphatic carbocycles. The Labute approximate surface area is 122 Å². The maximum absolute atomic E-state index is 12.3. The van der Waals surface area contributed by atoms with Crippen molar-refractivity contribution in [3.63, 3.8) is 0 Å². The van der Waals surface area contributed by atoms with Crippen molar-refractivity contribution in [2.24, 2.45) is 5.92 Å². The number of aliphatic hydroxyl groups is 1. The third kappa shape index (κ3) is 3.21. The molecule has 6 nitrogen and oxygen atoms in total. The molecule has 0 fully saturated rings. The lowest BCUT2D eigenvalue weighted by Gasteiger charge is -2.23. The van der Waals surface area contributed by atoms with Gasteiger partial charge in [0.25, 0.3) is 10.1 Å². The summed E-state index contributed by atoms with van der Waals surface area (Å²) in [5.41, 5.74) is 0.335. The Kier molecular flexibility index (Phi) is 4.26. The summed E-state index contributed by atoms with van der Waals surface area (Å²) in [7, 11) is -3.35. The number of methoxy groups -OCH3 is 1. The van der Waals surface area contributed by atoms with Gasteiger partial charge in [-0.25, -0.2) is 0 Å². The van der Waals surface area contributed by atoms with Gasteiger partial charge in [-0.3, -0.25) is 9.35 Å². The molecule has 0 aromatic heterocycles. The number of benzene rings is 1. The second-order valence-corrected chi connectivity index (χ2v) is 5.88. The molecule has 0 bridgehead atoms. The summed E-state index contributed by atoms with van der Waals surface area (Å²) < 4.78 is 36.7. The number of ether oxygens (including phenoxy) is 1. The van der Waals surface area contributed by atoms with Gasteiger partial charge in [0.2, 0.25) is 0 Å². The van der Waals surface area contributed by atoms with Gasteiger partial charge in [0.15, 0.2) is 5.78 Å². The maximum atomic E-state index is 12.3. The molecular formula is C14H14O6S. The van der Waals surface area contributed by atoms with E-state index >= 15 is 0 Å². The third-order valence-corrected chi connectivity index (χ3v) is 4.02. The molecule has 0 amide bonds. The van der Waals surface area contributed by atoms with Gasteiger partial charge < -0.3 is 9.84 Å². The first kappa shape index (κ1) is 15.4. The molecule has 1 aromatic rings. The zero-order valence-corrected chi connectivity index (χ0v) is 11.9. The van der Waals surface area contributed by atoms with Crippen molar-refractivity contribution in [2.75, 3.05) is 7.11 Å². The minimum Gasteiger partial charge on any atom is -0.496 e. The lowest BCUT2D eigenvalue weighted by molar-refractivity contribution is 0.0829. The van der Waals surface area contributed by atoms with Crippen LogP contribution >= 0.6 is 0 Å². The van der Waals surface area contributed by atoms with Crippen LogP contribution in [-0.2, 0) is 14.9 Å². The quantitative estimate of drug-likeness (QED) is 0.639. The van der Waals surface area contributed by atoms with E-state index in [-0.39, 0.29) is 5.76 Å². The SMILES string of the molecule is COC1=CC(O)C(C(=O)c2ccccc2)C=C1S(=O)(=O)O. The molecule has 112 valence electrons. The van der Waals surface area contributed by atoms with Crippen LogP contribution in [0.1, 0.15) is 10.4 Å². The zero-order valence-electron chi connectivity index (χ0n) is 11.1. The summed E-state index contributed by atoms with van der Waals surface area (Å²) >= 11 is 0. The van der Waals surface area contributed by atoms with Crippen LogP contribution in [0.2, 0.25) is 0 Å². The van der Waals surface area contributed by atoms with Crippen molar-refractivity contribution in [1.82, 2.24) is 0 Å². The predicted molar refractivity (Wildman–Crippen MR) is 75.0 cm³/mol.